The van der Waals surface area contributed by atoms with Gasteiger partial charge in [-0.2, -0.15) is 0 Å². The number of rotatable bonds is 2. The first kappa shape index (κ1) is 15.8. The molecule has 1 aromatic carbocycles. The van der Waals surface area contributed by atoms with Crippen LogP contribution < -0.4 is 5.73 Å². The van der Waals surface area contributed by atoms with Gasteiger partial charge in [-0.05, 0) is 38.0 Å². The summed E-state index contributed by atoms with van der Waals surface area (Å²) in [5, 5.41) is 0. The first-order valence-electron chi connectivity index (χ1n) is 7.32. The molecule has 2 N–H and O–H groups in total. The molecule has 2 aromatic heterocycles. The van der Waals surface area contributed by atoms with E-state index in [0.29, 0.717) is 11.2 Å². The largest absolute Gasteiger partial charge is 0.365 e. The lowest BCUT2D eigenvalue weighted by Crippen LogP contribution is -2.11. The van der Waals surface area contributed by atoms with Gasteiger partial charge >= 0.3 is 0 Å². The quantitative estimate of drug-likeness (QED) is 0.786. The third kappa shape index (κ3) is 3.52. The molecule has 3 rings (SSSR count). The predicted octanol–water partition coefficient (Wildman–Crippen LogP) is 3.55. The zero-order chi connectivity index (χ0) is 16.1. The Hall–Kier alpha value is -2.62. The summed E-state index contributed by atoms with van der Waals surface area (Å²) >= 11 is 0. The third-order valence-corrected chi connectivity index (χ3v) is 3.46. The number of aromatic nitrogens is 2. The molecule has 4 heteroatoms. The molecule has 0 spiro atoms. The monoisotopic (exact) mass is 297 g/mol. The van der Waals surface area contributed by atoms with Crippen molar-refractivity contribution >= 4 is 11.6 Å². The van der Waals surface area contributed by atoms with Gasteiger partial charge in [0.1, 0.15) is 5.65 Å². The number of primary amides is 1. The minimum Gasteiger partial charge on any atom is -0.365 e. The number of nitrogens with zero attached hydrogens (tertiary/aromatic N) is 2. The van der Waals surface area contributed by atoms with E-state index in [1.54, 1.807) is 12.3 Å². The van der Waals surface area contributed by atoms with E-state index in [0.717, 1.165) is 17.8 Å². The van der Waals surface area contributed by atoms with Crippen LogP contribution in [0.4, 0.5) is 0 Å². The zero-order valence-electron chi connectivity index (χ0n) is 13.2. The van der Waals surface area contributed by atoms with Crippen LogP contribution in [0.3, 0.4) is 0 Å². The van der Waals surface area contributed by atoms with Gasteiger partial charge in [0, 0.05) is 19.0 Å². The average molecular weight is 297 g/mol. The van der Waals surface area contributed by atoms with E-state index in [4.69, 9.17) is 5.73 Å². The maximum absolute atomic E-state index is 11.1. The number of hydrogen-bond donors (Lipinski definition) is 1. The molecule has 0 aliphatic rings. The number of amides is 1. The fourth-order valence-electron chi connectivity index (χ4n) is 2.30. The molecular weight excluding hydrogens is 274 g/mol. The van der Waals surface area contributed by atoms with Crippen LogP contribution in [0.15, 0.2) is 48.7 Å². The molecule has 0 saturated carbocycles. The second kappa shape index (κ2) is 6.89. The molecule has 116 valence electrons. The predicted molar refractivity (Wildman–Crippen MR) is 91.1 cm³/mol. The maximum atomic E-state index is 11.1. The fraction of sp³-hybridized carbons (Fsp3) is 0.222. The van der Waals surface area contributed by atoms with Crippen LogP contribution in [0.5, 0.6) is 0 Å². The second-order valence-electron chi connectivity index (χ2n) is 5.17. The maximum Gasteiger partial charge on any atom is 0.252 e. The van der Waals surface area contributed by atoms with E-state index in [1.807, 2.05) is 30.4 Å². The van der Waals surface area contributed by atoms with Crippen molar-refractivity contribution in [2.75, 3.05) is 0 Å². The third-order valence-electron chi connectivity index (χ3n) is 3.46. The Morgan fingerprint density at radius 2 is 1.91 bits per heavy atom. The van der Waals surface area contributed by atoms with Gasteiger partial charge < -0.3 is 10.1 Å². The minimum atomic E-state index is -0.440. The lowest BCUT2D eigenvalue weighted by atomic mass is 10.2. The van der Waals surface area contributed by atoms with E-state index in [2.05, 4.69) is 36.2 Å². The van der Waals surface area contributed by atoms with Gasteiger partial charge in [0.05, 0.1) is 5.56 Å². The van der Waals surface area contributed by atoms with Crippen molar-refractivity contribution in [3.05, 3.63) is 71.2 Å². The minimum absolute atomic E-state index is 0. The van der Waals surface area contributed by atoms with Crippen molar-refractivity contribution in [2.24, 2.45) is 5.73 Å². The SMILES string of the molecule is CCc1ccccc1.Cc1cc(C)n2ccc(C(N)=O)c2n1.[HH]. The summed E-state index contributed by atoms with van der Waals surface area (Å²) in [7, 11) is 0. The molecule has 0 radical (unpaired) electrons. The number of fused-ring (bicyclic) bond motifs is 1. The van der Waals surface area contributed by atoms with E-state index >= 15 is 0 Å². The van der Waals surface area contributed by atoms with E-state index in [9.17, 15) is 4.79 Å². The van der Waals surface area contributed by atoms with Gasteiger partial charge in [-0.1, -0.05) is 37.3 Å². The number of nitrogens with two attached hydrogens (primary N) is 1. The van der Waals surface area contributed by atoms with E-state index in [1.165, 1.54) is 5.56 Å². The van der Waals surface area contributed by atoms with Gasteiger partial charge in [0.25, 0.3) is 5.91 Å². The lowest BCUT2D eigenvalue weighted by Gasteiger charge is -2.02. The normalized spacial score (nSPS) is 10.1. The van der Waals surface area contributed by atoms with Crippen LogP contribution in [-0.4, -0.2) is 15.3 Å². The highest BCUT2D eigenvalue weighted by Gasteiger charge is 2.10. The van der Waals surface area contributed by atoms with Crippen molar-refractivity contribution in [3.8, 4) is 0 Å². The molecule has 2 heterocycles. The van der Waals surface area contributed by atoms with Crippen molar-refractivity contribution in [1.82, 2.24) is 9.38 Å². The molecule has 0 bridgehead atoms. The number of carbonyl (C=O) groups excluding carboxylic acids is 1. The molecule has 0 saturated heterocycles. The van der Waals surface area contributed by atoms with Crippen LogP contribution in [0.25, 0.3) is 5.65 Å². The molecule has 0 fully saturated rings. The number of aryl methyl sites for hydroxylation is 3. The fourth-order valence-corrected chi connectivity index (χ4v) is 2.30. The molecule has 0 unspecified atom stereocenters. The highest BCUT2D eigenvalue weighted by molar-refractivity contribution is 5.99. The smallest absolute Gasteiger partial charge is 0.252 e. The Labute approximate surface area is 132 Å². The van der Waals surface area contributed by atoms with Crippen molar-refractivity contribution in [3.63, 3.8) is 0 Å². The summed E-state index contributed by atoms with van der Waals surface area (Å²) in [5.41, 5.74) is 9.67. The van der Waals surface area contributed by atoms with Crippen molar-refractivity contribution in [1.29, 1.82) is 0 Å². The molecule has 4 nitrogen and oxygen atoms in total. The standard InChI is InChI=1S/C10H11N3O.C8H10.H2/c1-6-5-7(2)13-4-3-8(9(11)14)10(13)12-6;1-2-8-6-4-3-5-7-8;/h3-5H,1-2H3,(H2,11,14);3-7H,2H2,1H3;1H. The van der Waals surface area contributed by atoms with Gasteiger partial charge in [-0.25, -0.2) is 4.98 Å². The molecule has 0 atom stereocenters. The van der Waals surface area contributed by atoms with Crippen LogP contribution >= 0.6 is 0 Å². The highest BCUT2D eigenvalue weighted by Crippen LogP contribution is 2.13. The molecule has 3 aromatic rings. The summed E-state index contributed by atoms with van der Waals surface area (Å²) in [6, 6.07) is 14.1. The summed E-state index contributed by atoms with van der Waals surface area (Å²) in [6.45, 7) is 6.02. The summed E-state index contributed by atoms with van der Waals surface area (Å²) in [4.78, 5) is 15.3. The summed E-state index contributed by atoms with van der Waals surface area (Å²) in [5.74, 6) is -0.440. The molecule has 22 heavy (non-hydrogen) atoms. The number of hydrogen-bond acceptors (Lipinski definition) is 2. The Morgan fingerprint density at radius 3 is 2.45 bits per heavy atom. The Morgan fingerprint density at radius 1 is 1.23 bits per heavy atom. The summed E-state index contributed by atoms with van der Waals surface area (Å²) in [6.07, 6.45) is 2.94. The Kier molecular flexibility index (Phi) is 4.94. The van der Waals surface area contributed by atoms with Gasteiger partial charge in [0.2, 0.25) is 0 Å². The van der Waals surface area contributed by atoms with Crippen LogP contribution in [0.2, 0.25) is 0 Å². The van der Waals surface area contributed by atoms with Crippen LogP contribution in [0.1, 0.15) is 35.7 Å². The molecule has 1 amide bonds. The first-order chi connectivity index (χ1) is 10.5. The number of carbonyl (C=O) groups is 1. The first-order valence-corrected chi connectivity index (χ1v) is 7.32. The zero-order valence-corrected chi connectivity index (χ0v) is 13.2. The number of benzene rings is 1. The Balaban J connectivity index is 0.000000253. The molecular formula is C18H23N3O. The molecule has 0 aliphatic carbocycles. The highest BCUT2D eigenvalue weighted by atomic mass is 16.1. The Bertz CT molecular complexity index is 782. The van der Waals surface area contributed by atoms with Crippen molar-refractivity contribution in [2.45, 2.75) is 27.2 Å². The van der Waals surface area contributed by atoms with E-state index < -0.39 is 5.91 Å². The van der Waals surface area contributed by atoms with Gasteiger partial charge in [-0.3, -0.25) is 4.79 Å². The average Bonchev–Trinajstić information content (AvgIpc) is 2.93. The molecule has 0 aliphatic heterocycles. The van der Waals surface area contributed by atoms with Crippen LogP contribution in [0, 0.1) is 13.8 Å². The van der Waals surface area contributed by atoms with E-state index in [-0.39, 0.29) is 1.43 Å². The van der Waals surface area contributed by atoms with Gasteiger partial charge in [0.15, 0.2) is 0 Å². The summed E-state index contributed by atoms with van der Waals surface area (Å²) < 4.78 is 1.85. The second-order valence-corrected chi connectivity index (χ2v) is 5.17. The topological polar surface area (TPSA) is 60.4 Å². The van der Waals surface area contributed by atoms with Gasteiger partial charge in [-0.15, -0.1) is 0 Å². The van der Waals surface area contributed by atoms with Crippen molar-refractivity contribution < 1.29 is 6.22 Å². The lowest BCUT2D eigenvalue weighted by molar-refractivity contribution is 0.100. The van der Waals surface area contributed by atoms with Crippen LogP contribution in [-0.2, 0) is 6.42 Å².